The monoisotopic (exact) mass is 237 g/mol. The normalized spacial score (nSPS) is 13.2. The van der Waals surface area contributed by atoms with Gasteiger partial charge in [-0.05, 0) is 17.9 Å². The summed E-state index contributed by atoms with van der Waals surface area (Å²) in [7, 11) is 1.85. The average Bonchev–Trinajstić information content (AvgIpc) is 2.27. The Hall–Kier alpha value is -1.29. The summed E-state index contributed by atoms with van der Waals surface area (Å²) in [4.78, 5) is 4.17. The van der Waals surface area contributed by atoms with Crippen molar-refractivity contribution in [3.8, 4) is 0 Å². The van der Waals surface area contributed by atoms with Crippen LogP contribution in [-0.2, 0) is 0 Å². The number of anilines is 2. The molecule has 0 amide bonds. The van der Waals surface area contributed by atoms with Crippen LogP contribution in [0.5, 0.6) is 0 Å². The molecule has 96 valence electrons. The van der Waals surface area contributed by atoms with Crippen LogP contribution < -0.4 is 10.6 Å². The van der Waals surface area contributed by atoms with Crippen LogP contribution in [0.2, 0.25) is 0 Å². The maximum Gasteiger partial charge on any atom is 0.127 e. The zero-order valence-electron chi connectivity index (χ0n) is 11.1. The van der Waals surface area contributed by atoms with Crippen molar-refractivity contribution < 1.29 is 5.11 Å². The number of nitrogens with zero attached hydrogens (tertiary/aromatic N) is 1. The fourth-order valence-electron chi connectivity index (χ4n) is 1.71. The van der Waals surface area contributed by atoms with Gasteiger partial charge in [0.2, 0.25) is 0 Å². The number of nitrogens with one attached hydrogen (secondary N) is 2. The molecule has 4 heteroatoms. The quantitative estimate of drug-likeness (QED) is 0.735. The first-order chi connectivity index (χ1) is 7.97. The average molecular weight is 237 g/mol. The standard InChI is InChI=1S/C13H23N3O/c1-13(2,3)11(6-8-17)16-10-5-7-15-12(9-10)14-4/h5,7,9,11,17H,6,8H2,1-4H3,(H2,14,15,16). The molecule has 1 unspecified atom stereocenters. The molecule has 0 fully saturated rings. The summed E-state index contributed by atoms with van der Waals surface area (Å²) in [5.74, 6) is 0.839. The summed E-state index contributed by atoms with van der Waals surface area (Å²) < 4.78 is 0. The van der Waals surface area contributed by atoms with Gasteiger partial charge in [0.15, 0.2) is 0 Å². The van der Waals surface area contributed by atoms with E-state index in [2.05, 4.69) is 36.4 Å². The molecule has 1 heterocycles. The molecular weight excluding hydrogens is 214 g/mol. The minimum Gasteiger partial charge on any atom is -0.396 e. The van der Waals surface area contributed by atoms with Gasteiger partial charge in [-0.15, -0.1) is 0 Å². The second-order valence-electron chi connectivity index (χ2n) is 5.25. The molecule has 0 spiro atoms. The Morgan fingerprint density at radius 3 is 2.65 bits per heavy atom. The molecule has 0 aliphatic carbocycles. The van der Waals surface area contributed by atoms with Crippen molar-refractivity contribution in [1.82, 2.24) is 4.98 Å². The first kappa shape index (κ1) is 13.8. The number of hydrogen-bond donors (Lipinski definition) is 3. The van der Waals surface area contributed by atoms with Gasteiger partial charge in [-0.3, -0.25) is 0 Å². The van der Waals surface area contributed by atoms with Gasteiger partial charge in [0.25, 0.3) is 0 Å². The summed E-state index contributed by atoms with van der Waals surface area (Å²) in [5, 5.41) is 15.6. The van der Waals surface area contributed by atoms with Crippen LogP contribution >= 0.6 is 0 Å². The third-order valence-corrected chi connectivity index (χ3v) is 2.82. The maximum absolute atomic E-state index is 9.11. The van der Waals surface area contributed by atoms with E-state index in [-0.39, 0.29) is 18.1 Å². The molecule has 1 aromatic heterocycles. The lowest BCUT2D eigenvalue weighted by atomic mass is 9.85. The van der Waals surface area contributed by atoms with Gasteiger partial charge in [-0.2, -0.15) is 0 Å². The van der Waals surface area contributed by atoms with E-state index >= 15 is 0 Å². The zero-order chi connectivity index (χ0) is 12.9. The Balaban J connectivity index is 2.78. The number of rotatable bonds is 5. The van der Waals surface area contributed by atoms with E-state index in [0.29, 0.717) is 0 Å². The van der Waals surface area contributed by atoms with Gasteiger partial charge < -0.3 is 15.7 Å². The Kier molecular flexibility index (Phi) is 4.75. The van der Waals surface area contributed by atoms with Crippen LogP contribution in [0.1, 0.15) is 27.2 Å². The van der Waals surface area contributed by atoms with Gasteiger partial charge in [-0.25, -0.2) is 4.98 Å². The van der Waals surface area contributed by atoms with Crippen molar-refractivity contribution in [3.05, 3.63) is 18.3 Å². The number of hydrogen-bond acceptors (Lipinski definition) is 4. The minimum absolute atomic E-state index is 0.103. The third kappa shape index (κ3) is 4.23. The van der Waals surface area contributed by atoms with Crippen LogP contribution in [0, 0.1) is 5.41 Å². The van der Waals surface area contributed by atoms with Crippen molar-refractivity contribution in [1.29, 1.82) is 0 Å². The van der Waals surface area contributed by atoms with Crippen LogP contribution in [0.3, 0.4) is 0 Å². The van der Waals surface area contributed by atoms with E-state index in [1.807, 2.05) is 19.2 Å². The molecule has 0 aromatic carbocycles. The lowest BCUT2D eigenvalue weighted by Crippen LogP contribution is -2.34. The zero-order valence-corrected chi connectivity index (χ0v) is 11.1. The number of aliphatic hydroxyl groups is 1. The molecular formula is C13H23N3O. The van der Waals surface area contributed by atoms with Gasteiger partial charge in [0.1, 0.15) is 5.82 Å². The Labute approximate surface area is 103 Å². The van der Waals surface area contributed by atoms with Gasteiger partial charge in [0.05, 0.1) is 0 Å². The highest BCUT2D eigenvalue weighted by Crippen LogP contribution is 2.25. The van der Waals surface area contributed by atoms with E-state index in [0.717, 1.165) is 17.9 Å². The van der Waals surface area contributed by atoms with E-state index in [4.69, 9.17) is 5.11 Å². The molecule has 1 rings (SSSR count). The molecule has 3 N–H and O–H groups in total. The number of pyridine rings is 1. The third-order valence-electron chi connectivity index (χ3n) is 2.82. The summed E-state index contributed by atoms with van der Waals surface area (Å²) in [6, 6.07) is 4.15. The van der Waals surface area contributed by atoms with Gasteiger partial charge in [-0.1, -0.05) is 20.8 Å². The number of aliphatic hydroxyl groups excluding tert-OH is 1. The molecule has 0 saturated carbocycles. The molecule has 0 aliphatic rings. The summed E-state index contributed by atoms with van der Waals surface area (Å²) >= 11 is 0. The van der Waals surface area contributed by atoms with Crippen molar-refractivity contribution in [3.63, 3.8) is 0 Å². The van der Waals surface area contributed by atoms with E-state index in [9.17, 15) is 0 Å². The van der Waals surface area contributed by atoms with Crippen LogP contribution in [0.25, 0.3) is 0 Å². The van der Waals surface area contributed by atoms with Crippen molar-refractivity contribution in [2.75, 3.05) is 24.3 Å². The molecule has 0 radical (unpaired) electrons. The van der Waals surface area contributed by atoms with Gasteiger partial charge >= 0.3 is 0 Å². The smallest absolute Gasteiger partial charge is 0.127 e. The Bertz CT molecular complexity index is 347. The van der Waals surface area contributed by atoms with Crippen molar-refractivity contribution in [2.24, 2.45) is 5.41 Å². The fraction of sp³-hybridized carbons (Fsp3) is 0.615. The lowest BCUT2D eigenvalue weighted by Gasteiger charge is -2.32. The molecule has 4 nitrogen and oxygen atoms in total. The molecule has 17 heavy (non-hydrogen) atoms. The van der Waals surface area contributed by atoms with Gasteiger partial charge in [0, 0.05) is 37.6 Å². The summed E-state index contributed by atoms with van der Waals surface area (Å²) in [6.07, 6.45) is 2.51. The SMILES string of the molecule is CNc1cc(NC(CCO)C(C)(C)C)ccn1. The first-order valence-electron chi connectivity index (χ1n) is 5.98. The maximum atomic E-state index is 9.11. The largest absolute Gasteiger partial charge is 0.396 e. The number of aromatic nitrogens is 1. The lowest BCUT2D eigenvalue weighted by molar-refractivity contribution is 0.235. The molecule has 1 atom stereocenters. The Morgan fingerprint density at radius 1 is 1.41 bits per heavy atom. The van der Waals surface area contributed by atoms with Crippen molar-refractivity contribution in [2.45, 2.75) is 33.2 Å². The molecule has 0 saturated heterocycles. The van der Waals surface area contributed by atoms with Crippen LogP contribution in [0.15, 0.2) is 18.3 Å². The summed E-state index contributed by atoms with van der Waals surface area (Å²) in [6.45, 7) is 6.69. The highest BCUT2D eigenvalue weighted by atomic mass is 16.3. The highest BCUT2D eigenvalue weighted by Gasteiger charge is 2.23. The Morgan fingerprint density at radius 2 is 2.12 bits per heavy atom. The van der Waals surface area contributed by atoms with Crippen molar-refractivity contribution >= 4 is 11.5 Å². The van der Waals surface area contributed by atoms with E-state index in [1.165, 1.54) is 0 Å². The van der Waals surface area contributed by atoms with E-state index < -0.39 is 0 Å². The topological polar surface area (TPSA) is 57.2 Å². The van der Waals surface area contributed by atoms with Crippen LogP contribution in [-0.4, -0.2) is 29.8 Å². The molecule has 0 bridgehead atoms. The second-order valence-corrected chi connectivity index (χ2v) is 5.25. The highest BCUT2D eigenvalue weighted by molar-refractivity contribution is 5.52. The predicted molar refractivity (Wildman–Crippen MR) is 72.4 cm³/mol. The van der Waals surface area contributed by atoms with Crippen LogP contribution in [0.4, 0.5) is 11.5 Å². The van der Waals surface area contributed by atoms with E-state index in [1.54, 1.807) is 6.20 Å². The summed E-state index contributed by atoms with van der Waals surface area (Å²) in [5.41, 5.74) is 1.13. The fourth-order valence-corrected chi connectivity index (χ4v) is 1.71. The molecule has 1 aromatic rings. The minimum atomic E-state index is 0.103. The first-order valence-corrected chi connectivity index (χ1v) is 5.98. The second kappa shape index (κ2) is 5.87. The predicted octanol–water partition coefficient (Wildman–Crippen LogP) is 2.33. The molecule has 0 aliphatic heterocycles.